The number of Topliss-reactive ketones (excluding diaryl/α,β-unsaturated/α-hetero) is 1. The van der Waals surface area contributed by atoms with Crippen LogP contribution in [-0.2, 0) is 9.84 Å². The Labute approximate surface area is 107 Å². The molecule has 0 bridgehead atoms. The van der Waals surface area contributed by atoms with Gasteiger partial charge in [0.1, 0.15) is 10.6 Å². The molecule has 0 fully saturated rings. The molecule has 0 aromatic heterocycles. The van der Waals surface area contributed by atoms with Crippen LogP contribution in [0.5, 0.6) is 0 Å². The van der Waals surface area contributed by atoms with Crippen molar-refractivity contribution >= 4 is 15.6 Å². The fourth-order valence-corrected chi connectivity index (χ4v) is 2.11. The van der Waals surface area contributed by atoms with Gasteiger partial charge in [0.05, 0.1) is 5.56 Å². The van der Waals surface area contributed by atoms with Crippen molar-refractivity contribution in [3.63, 3.8) is 0 Å². The minimum absolute atomic E-state index is 0.143. The van der Waals surface area contributed by atoms with Crippen molar-refractivity contribution in [2.75, 3.05) is 6.26 Å². The van der Waals surface area contributed by atoms with Gasteiger partial charge in [-0.2, -0.15) is 0 Å². The van der Waals surface area contributed by atoms with Gasteiger partial charge in [0.25, 0.3) is 0 Å². The molecule has 100 valence electrons. The molecule has 0 radical (unpaired) electrons. The summed E-state index contributed by atoms with van der Waals surface area (Å²) in [6.07, 6.45) is 0.979. The number of rotatable bonds is 3. The predicted molar refractivity (Wildman–Crippen MR) is 69.1 cm³/mol. The standard InChI is InChI=1S/C13H17FO3S/c1-8-6-9(2)11(10(14)7-8)12(15)13(3,4)18(5,16)17/h6-7H,1-5H3. The maximum absolute atomic E-state index is 13.9. The number of hydrogen-bond donors (Lipinski definition) is 0. The van der Waals surface area contributed by atoms with Gasteiger partial charge < -0.3 is 0 Å². The smallest absolute Gasteiger partial charge is 0.186 e. The maximum atomic E-state index is 13.9. The van der Waals surface area contributed by atoms with Crippen molar-refractivity contribution in [2.24, 2.45) is 0 Å². The molecule has 0 atom stereocenters. The minimum Gasteiger partial charge on any atom is -0.292 e. The highest BCUT2D eigenvalue weighted by Crippen LogP contribution is 2.26. The second-order valence-electron chi connectivity index (χ2n) is 5.05. The van der Waals surface area contributed by atoms with E-state index in [9.17, 15) is 17.6 Å². The topological polar surface area (TPSA) is 51.2 Å². The summed E-state index contributed by atoms with van der Waals surface area (Å²) >= 11 is 0. The second-order valence-corrected chi connectivity index (χ2v) is 7.62. The summed E-state index contributed by atoms with van der Waals surface area (Å²) in [5.41, 5.74) is 1.00. The van der Waals surface area contributed by atoms with E-state index in [0.29, 0.717) is 11.1 Å². The van der Waals surface area contributed by atoms with Crippen LogP contribution >= 0.6 is 0 Å². The van der Waals surface area contributed by atoms with E-state index in [1.165, 1.54) is 19.9 Å². The normalized spacial score (nSPS) is 12.6. The molecule has 0 saturated heterocycles. The number of halogens is 1. The molecule has 0 amide bonds. The molecule has 3 nitrogen and oxygen atoms in total. The Morgan fingerprint density at radius 2 is 1.72 bits per heavy atom. The molecule has 0 saturated carbocycles. The summed E-state index contributed by atoms with van der Waals surface area (Å²) in [7, 11) is -3.61. The Morgan fingerprint density at radius 3 is 2.11 bits per heavy atom. The molecular formula is C13H17FO3S. The Bertz CT molecular complexity index is 578. The van der Waals surface area contributed by atoms with Gasteiger partial charge in [-0.05, 0) is 44.9 Å². The molecule has 18 heavy (non-hydrogen) atoms. The van der Waals surface area contributed by atoms with Gasteiger partial charge in [0, 0.05) is 6.26 Å². The first-order chi connectivity index (χ1) is 7.98. The maximum Gasteiger partial charge on any atom is 0.186 e. The zero-order valence-corrected chi connectivity index (χ0v) is 12.0. The lowest BCUT2D eigenvalue weighted by Crippen LogP contribution is -2.40. The number of carbonyl (C=O) groups excluding carboxylic acids is 1. The van der Waals surface area contributed by atoms with E-state index < -0.39 is 26.2 Å². The van der Waals surface area contributed by atoms with Gasteiger partial charge in [0.15, 0.2) is 15.6 Å². The Kier molecular flexibility index (Phi) is 3.68. The lowest BCUT2D eigenvalue weighted by Gasteiger charge is -2.22. The molecule has 1 aromatic carbocycles. The molecular weight excluding hydrogens is 255 g/mol. The van der Waals surface area contributed by atoms with Gasteiger partial charge >= 0.3 is 0 Å². The Hall–Kier alpha value is -1.23. The van der Waals surface area contributed by atoms with Gasteiger partial charge in [-0.3, -0.25) is 4.79 Å². The van der Waals surface area contributed by atoms with E-state index >= 15 is 0 Å². The predicted octanol–water partition coefficient (Wildman–Crippen LogP) is 2.45. The molecule has 0 N–H and O–H groups in total. The van der Waals surface area contributed by atoms with Crippen LogP contribution in [0.15, 0.2) is 12.1 Å². The summed E-state index contributed by atoms with van der Waals surface area (Å²) in [5, 5.41) is 0. The largest absolute Gasteiger partial charge is 0.292 e. The van der Waals surface area contributed by atoms with E-state index in [-0.39, 0.29) is 5.56 Å². The number of hydrogen-bond acceptors (Lipinski definition) is 3. The third kappa shape index (κ3) is 2.46. The van der Waals surface area contributed by atoms with E-state index in [2.05, 4.69) is 0 Å². The molecule has 0 aliphatic rings. The minimum atomic E-state index is -3.61. The summed E-state index contributed by atoms with van der Waals surface area (Å²) < 4.78 is 35.5. The lowest BCUT2D eigenvalue weighted by atomic mass is 9.94. The van der Waals surface area contributed by atoms with Crippen molar-refractivity contribution in [2.45, 2.75) is 32.4 Å². The van der Waals surface area contributed by atoms with Gasteiger partial charge in [-0.1, -0.05) is 6.07 Å². The molecule has 5 heteroatoms. The van der Waals surface area contributed by atoms with Gasteiger partial charge in [0.2, 0.25) is 0 Å². The van der Waals surface area contributed by atoms with Crippen LogP contribution < -0.4 is 0 Å². The highest BCUT2D eigenvalue weighted by Gasteiger charge is 2.40. The number of carbonyl (C=O) groups is 1. The van der Waals surface area contributed by atoms with Crippen LogP contribution in [0.3, 0.4) is 0 Å². The van der Waals surface area contributed by atoms with Crippen LogP contribution in [0, 0.1) is 19.7 Å². The highest BCUT2D eigenvalue weighted by molar-refractivity contribution is 7.92. The molecule has 0 heterocycles. The summed E-state index contributed by atoms with van der Waals surface area (Å²) in [4.78, 5) is 12.2. The van der Waals surface area contributed by atoms with Crippen molar-refractivity contribution in [3.8, 4) is 0 Å². The van der Waals surface area contributed by atoms with Crippen LogP contribution in [0.25, 0.3) is 0 Å². The van der Waals surface area contributed by atoms with Crippen LogP contribution in [0.1, 0.15) is 35.3 Å². The molecule has 0 unspecified atom stereocenters. The zero-order valence-electron chi connectivity index (χ0n) is 11.2. The highest BCUT2D eigenvalue weighted by atomic mass is 32.2. The number of benzene rings is 1. The fraction of sp³-hybridized carbons (Fsp3) is 0.462. The number of sulfone groups is 1. The first-order valence-corrected chi connectivity index (χ1v) is 7.38. The fourth-order valence-electron chi connectivity index (χ4n) is 1.67. The van der Waals surface area contributed by atoms with Crippen molar-refractivity contribution in [3.05, 3.63) is 34.6 Å². The van der Waals surface area contributed by atoms with E-state index in [1.54, 1.807) is 19.9 Å². The first kappa shape index (κ1) is 14.8. The summed E-state index contributed by atoms with van der Waals surface area (Å²) in [6.45, 7) is 5.90. The SMILES string of the molecule is Cc1cc(C)c(C(=O)C(C)(C)S(C)(=O)=O)c(F)c1. The van der Waals surface area contributed by atoms with Crippen molar-refractivity contribution in [1.29, 1.82) is 0 Å². The van der Waals surface area contributed by atoms with Crippen LogP contribution in [-0.4, -0.2) is 25.2 Å². The first-order valence-electron chi connectivity index (χ1n) is 5.49. The second kappa shape index (κ2) is 4.46. The molecule has 0 aliphatic heterocycles. The molecule has 1 rings (SSSR count). The van der Waals surface area contributed by atoms with E-state index in [1.807, 2.05) is 0 Å². The van der Waals surface area contributed by atoms with E-state index in [4.69, 9.17) is 0 Å². The molecule has 1 aromatic rings. The monoisotopic (exact) mass is 272 g/mol. The third-order valence-corrected chi connectivity index (χ3v) is 5.17. The molecule has 0 spiro atoms. The van der Waals surface area contributed by atoms with Gasteiger partial charge in [-0.15, -0.1) is 0 Å². The van der Waals surface area contributed by atoms with Gasteiger partial charge in [-0.25, -0.2) is 12.8 Å². The van der Waals surface area contributed by atoms with Crippen molar-refractivity contribution < 1.29 is 17.6 Å². The quantitative estimate of drug-likeness (QED) is 0.794. The number of aryl methyl sites for hydroxylation is 2. The van der Waals surface area contributed by atoms with E-state index in [0.717, 1.165) is 6.26 Å². The molecule has 0 aliphatic carbocycles. The summed E-state index contributed by atoms with van der Waals surface area (Å²) in [5.74, 6) is -1.38. The van der Waals surface area contributed by atoms with Crippen LogP contribution in [0.2, 0.25) is 0 Å². The third-order valence-electron chi connectivity index (χ3n) is 3.13. The average molecular weight is 272 g/mol. The Balaban J connectivity index is 3.47. The Morgan fingerprint density at radius 1 is 1.22 bits per heavy atom. The lowest BCUT2D eigenvalue weighted by molar-refractivity contribution is 0.0949. The average Bonchev–Trinajstić information content (AvgIpc) is 2.13. The summed E-state index contributed by atoms with van der Waals surface area (Å²) in [6, 6.07) is 2.90. The zero-order chi connectivity index (χ0) is 14.3. The van der Waals surface area contributed by atoms with Crippen molar-refractivity contribution in [1.82, 2.24) is 0 Å². The number of ketones is 1. The van der Waals surface area contributed by atoms with Crippen LogP contribution in [0.4, 0.5) is 4.39 Å².